The number of benzene rings is 3. The van der Waals surface area contributed by atoms with Crippen molar-refractivity contribution in [2.75, 3.05) is 6.54 Å². The van der Waals surface area contributed by atoms with E-state index in [1.807, 2.05) is 28.8 Å². The highest BCUT2D eigenvalue weighted by molar-refractivity contribution is 7.89. The number of hydrogen-bond donors (Lipinski definition) is 5. The fourth-order valence-electron chi connectivity index (χ4n) is 4.13. The van der Waals surface area contributed by atoms with Crippen LogP contribution in [0.4, 0.5) is 0 Å². The molecule has 2 aromatic heterocycles. The van der Waals surface area contributed by atoms with Gasteiger partial charge < -0.3 is 20.4 Å². The van der Waals surface area contributed by atoms with E-state index in [9.17, 15) is 13.2 Å². The van der Waals surface area contributed by atoms with Crippen molar-refractivity contribution in [2.45, 2.75) is 17.9 Å². The van der Waals surface area contributed by atoms with E-state index < -0.39 is 16.0 Å². The summed E-state index contributed by atoms with van der Waals surface area (Å²) in [6.45, 7) is 0.412. The largest absolute Gasteiger partial charge is 0.478 e. The Morgan fingerprint density at radius 2 is 1.76 bits per heavy atom. The van der Waals surface area contributed by atoms with Crippen molar-refractivity contribution in [3.63, 3.8) is 0 Å². The fourth-order valence-corrected chi connectivity index (χ4v) is 5.15. The van der Waals surface area contributed by atoms with Gasteiger partial charge in [0.05, 0.1) is 38.9 Å². The molecule has 0 unspecified atom stereocenters. The first-order valence-corrected chi connectivity index (χ1v) is 12.8. The third-order valence-electron chi connectivity index (χ3n) is 5.94. The minimum atomic E-state index is -3.83. The van der Waals surface area contributed by atoms with Crippen LogP contribution in [-0.4, -0.2) is 51.4 Å². The average Bonchev–Trinajstić information content (AvgIpc) is 3.44. The van der Waals surface area contributed by atoms with E-state index in [0.29, 0.717) is 30.2 Å². The van der Waals surface area contributed by atoms with E-state index >= 15 is 0 Å². The van der Waals surface area contributed by atoms with Crippen LogP contribution in [0.25, 0.3) is 22.1 Å². The number of hydrogen-bond acceptors (Lipinski definition) is 6. The zero-order chi connectivity index (χ0) is 26.2. The Morgan fingerprint density at radius 1 is 1.03 bits per heavy atom. The number of nitrogens with one attached hydrogen (secondary N) is 3. The molecular formula is C25H23N7O4S. The average molecular weight is 518 g/mol. The molecule has 0 aliphatic carbocycles. The lowest BCUT2D eigenvalue weighted by atomic mass is 10.2. The van der Waals surface area contributed by atoms with Gasteiger partial charge in [-0.2, -0.15) is 0 Å². The molecular weight excluding hydrogens is 494 g/mol. The first kappa shape index (κ1) is 24.2. The van der Waals surface area contributed by atoms with E-state index in [1.54, 1.807) is 18.2 Å². The summed E-state index contributed by atoms with van der Waals surface area (Å²) in [5.41, 5.74) is 9.33. The van der Waals surface area contributed by atoms with Gasteiger partial charge >= 0.3 is 5.97 Å². The van der Waals surface area contributed by atoms with Gasteiger partial charge in [0.15, 0.2) is 0 Å². The second-order valence-electron chi connectivity index (χ2n) is 8.40. The topological polar surface area (TPSA) is 180 Å². The number of nitrogens with zero attached hydrogens (tertiary/aromatic N) is 3. The molecule has 0 bridgehead atoms. The van der Waals surface area contributed by atoms with Gasteiger partial charge in [-0.15, -0.1) is 0 Å². The van der Waals surface area contributed by atoms with Crippen LogP contribution >= 0.6 is 0 Å². The Labute approximate surface area is 211 Å². The van der Waals surface area contributed by atoms with Crippen LogP contribution in [0.2, 0.25) is 0 Å². The summed E-state index contributed by atoms with van der Waals surface area (Å²) in [6.07, 6.45) is 0.377. The number of para-hydroxylation sites is 2. The molecule has 3 aromatic carbocycles. The Hall–Kier alpha value is -4.55. The van der Waals surface area contributed by atoms with E-state index in [4.69, 9.17) is 21.2 Å². The summed E-state index contributed by atoms with van der Waals surface area (Å²) >= 11 is 0. The zero-order valence-corrected chi connectivity index (χ0v) is 20.3. The van der Waals surface area contributed by atoms with Crippen molar-refractivity contribution in [2.24, 2.45) is 5.73 Å². The van der Waals surface area contributed by atoms with E-state index in [-0.39, 0.29) is 22.8 Å². The highest BCUT2D eigenvalue weighted by Crippen LogP contribution is 2.20. The Kier molecular flexibility index (Phi) is 6.19. The van der Waals surface area contributed by atoms with E-state index in [2.05, 4.69) is 14.7 Å². The number of carboxylic acid groups (broad SMARTS) is 1. The van der Waals surface area contributed by atoms with Crippen LogP contribution in [0.15, 0.2) is 71.6 Å². The maximum absolute atomic E-state index is 12.7. The number of sulfonamides is 1. The number of H-pyrrole nitrogens is 1. The number of imidazole rings is 2. The fraction of sp³-hybridized carbons (Fsp3) is 0.120. The number of amidine groups is 1. The van der Waals surface area contributed by atoms with Crippen LogP contribution in [0, 0.1) is 5.41 Å². The lowest BCUT2D eigenvalue weighted by molar-refractivity contribution is 0.0696. The molecule has 188 valence electrons. The number of carbonyl (C=O) groups is 1. The molecule has 5 aromatic rings. The SMILES string of the molecule is N=C(N)c1ccc2nc(Cc3nc4ccccc4n3CCNS(=O)(=O)c3ccc(C(=O)O)cc3)[nH]c2c1. The zero-order valence-electron chi connectivity index (χ0n) is 19.5. The molecule has 0 saturated heterocycles. The molecule has 37 heavy (non-hydrogen) atoms. The van der Waals surface area contributed by atoms with Gasteiger partial charge in [0.2, 0.25) is 10.0 Å². The lowest BCUT2D eigenvalue weighted by Gasteiger charge is -2.11. The predicted molar refractivity (Wildman–Crippen MR) is 138 cm³/mol. The summed E-state index contributed by atoms with van der Waals surface area (Å²) in [5.74, 6) is 0.226. The predicted octanol–water partition coefficient (Wildman–Crippen LogP) is 2.46. The molecule has 0 radical (unpaired) electrons. The quantitative estimate of drug-likeness (QED) is 0.147. The van der Waals surface area contributed by atoms with E-state index in [1.165, 1.54) is 24.3 Å². The minimum Gasteiger partial charge on any atom is -0.478 e. The van der Waals surface area contributed by atoms with Gasteiger partial charge in [-0.25, -0.2) is 27.9 Å². The molecule has 2 heterocycles. The smallest absolute Gasteiger partial charge is 0.335 e. The van der Waals surface area contributed by atoms with Crippen LogP contribution in [0.1, 0.15) is 27.6 Å². The number of fused-ring (bicyclic) bond motifs is 2. The molecule has 12 heteroatoms. The summed E-state index contributed by atoms with van der Waals surface area (Å²) in [6, 6.07) is 17.9. The van der Waals surface area contributed by atoms with Crippen LogP contribution in [0.5, 0.6) is 0 Å². The van der Waals surface area contributed by atoms with Gasteiger partial charge in [0, 0.05) is 18.7 Å². The van der Waals surface area contributed by atoms with Gasteiger partial charge in [-0.1, -0.05) is 12.1 Å². The van der Waals surface area contributed by atoms with Gasteiger partial charge in [0.1, 0.15) is 17.5 Å². The highest BCUT2D eigenvalue weighted by Gasteiger charge is 2.17. The Morgan fingerprint density at radius 3 is 2.49 bits per heavy atom. The molecule has 0 saturated carbocycles. The summed E-state index contributed by atoms with van der Waals surface area (Å²) < 4.78 is 30.0. The molecule has 0 amide bonds. The summed E-state index contributed by atoms with van der Waals surface area (Å²) in [4.78, 5) is 23.6. The molecule has 6 N–H and O–H groups in total. The van der Waals surface area contributed by atoms with Crippen LogP contribution in [0.3, 0.4) is 0 Å². The van der Waals surface area contributed by atoms with Crippen molar-refractivity contribution < 1.29 is 18.3 Å². The number of aromatic amines is 1. The molecule has 0 spiro atoms. The minimum absolute atomic E-state index is 0.0107. The maximum Gasteiger partial charge on any atom is 0.335 e. The normalized spacial score (nSPS) is 11.8. The Balaban J connectivity index is 1.38. The molecule has 0 aliphatic heterocycles. The van der Waals surface area contributed by atoms with Crippen molar-refractivity contribution >= 4 is 43.9 Å². The molecule has 5 rings (SSSR count). The molecule has 0 atom stereocenters. The number of rotatable bonds is 9. The Bertz CT molecular complexity index is 1760. The lowest BCUT2D eigenvalue weighted by Crippen LogP contribution is -2.28. The first-order chi connectivity index (χ1) is 17.7. The molecule has 0 aliphatic rings. The summed E-state index contributed by atoms with van der Waals surface area (Å²) in [7, 11) is -3.83. The standard InChI is InChI=1S/C25H23N7O4S/c26-24(27)16-7-10-18-20(13-16)30-22(29-18)14-23-31-19-3-1-2-4-21(19)32(23)12-11-28-37(35,36)17-8-5-15(6-9-17)25(33)34/h1-10,13,28H,11-12,14H2,(H3,26,27)(H,29,30)(H,33,34). The van der Waals surface area contributed by atoms with Crippen molar-refractivity contribution in [3.8, 4) is 0 Å². The maximum atomic E-state index is 12.7. The third kappa shape index (κ3) is 4.92. The highest BCUT2D eigenvalue weighted by atomic mass is 32.2. The van der Waals surface area contributed by atoms with Crippen LogP contribution in [-0.2, 0) is 23.0 Å². The third-order valence-corrected chi connectivity index (χ3v) is 7.42. The van der Waals surface area contributed by atoms with Gasteiger partial charge in [-0.3, -0.25) is 5.41 Å². The number of carboxylic acids is 1. The van der Waals surface area contributed by atoms with Crippen LogP contribution < -0.4 is 10.5 Å². The van der Waals surface area contributed by atoms with Gasteiger partial charge in [-0.05, 0) is 54.6 Å². The van der Waals surface area contributed by atoms with Gasteiger partial charge in [0.25, 0.3) is 0 Å². The number of aromatic nitrogens is 4. The van der Waals surface area contributed by atoms with E-state index in [0.717, 1.165) is 22.1 Å². The second-order valence-corrected chi connectivity index (χ2v) is 10.2. The molecule has 11 nitrogen and oxygen atoms in total. The summed E-state index contributed by atoms with van der Waals surface area (Å²) in [5, 5.41) is 16.7. The number of nitrogens with two attached hydrogens (primary N) is 1. The second kappa shape index (κ2) is 9.48. The van der Waals surface area contributed by atoms with Crippen molar-refractivity contribution in [1.29, 1.82) is 5.41 Å². The van der Waals surface area contributed by atoms with Crippen molar-refractivity contribution in [3.05, 3.63) is 89.5 Å². The number of nitrogen functional groups attached to an aromatic ring is 1. The molecule has 0 fully saturated rings. The monoisotopic (exact) mass is 517 g/mol. The first-order valence-electron chi connectivity index (χ1n) is 11.3. The number of aromatic carboxylic acids is 1. The van der Waals surface area contributed by atoms with Crippen molar-refractivity contribution in [1.82, 2.24) is 24.2 Å².